The number of hydrogen-bond acceptors (Lipinski definition) is 0. The number of aryl methyl sites for hydroxylation is 3. The summed E-state index contributed by atoms with van der Waals surface area (Å²) >= 11 is 0. The van der Waals surface area contributed by atoms with Crippen LogP contribution in [-0.4, -0.2) is 0 Å². The van der Waals surface area contributed by atoms with E-state index in [-0.39, 0.29) is 5.92 Å². The quantitative estimate of drug-likeness (QED) is 0.0984. The molecule has 0 atom stereocenters. The van der Waals surface area contributed by atoms with Crippen LogP contribution in [0.2, 0.25) is 0 Å². The Hall–Kier alpha value is -6.24. The fourth-order valence-electron chi connectivity index (χ4n) is 8.71. The molecule has 304 valence electrons. The average molecular weight is 785 g/mol. The van der Waals surface area contributed by atoms with E-state index in [1.807, 2.05) is 18.2 Å². The maximum absolute atomic E-state index is 4.30. The van der Waals surface area contributed by atoms with Crippen LogP contribution < -0.4 is 0 Å². The highest BCUT2D eigenvalue weighted by Crippen LogP contribution is 2.44. The molecule has 5 rings (SSSR count). The fourth-order valence-corrected chi connectivity index (χ4v) is 8.71. The highest BCUT2D eigenvalue weighted by Gasteiger charge is 2.23. The number of benzene rings is 5. The summed E-state index contributed by atoms with van der Waals surface area (Å²) < 4.78 is 0. The summed E-state index contributed by atoms with van der Waals surface area (Å²) in [6.45, 7) is 37.2. The van der Waals surface area contributed by atoms with Gasteiger partial charge in [0.2, 0.25) is 0 Å². The molecule has 0 fully saturated rings. The van der Waals surface area contributed by atoms with Crippen molar-refractivity contribution in [2.24, 2.45) is 5.92 Å². The molecule has 0 nitrogen and oxygen atoms in total. The lowest BCUT2D eigenvalue weighted by atomic mass is 9.78. The molecule has 0 amide bonds. The van der Waals surface area contributed by atoms with Gasteiger partial charge >= 0.3 is 0 Å². The monoisotopic (exact) mass is 785 g/mol. The summed E-state index contributed by atoms with van der Waals surface area (Å²) in [6, 6.07) is 37.8. The molecule has 0 aliphatic heterocycles. The highest BCUT2D eigenvalue weighted by molar-refractivity contribution is 5.95. The highest BCUT2D eigenvalue weighted by atomic mass is 14.3. The second-order valence-electron chi connectivity index (χ2n) is 16.7. The zero-order valence-corrected chi connectivity index (χ0v) is 38.1. The van der Waals surface area contributed by atoms with Gasteiger partial charge in [-0.25, -0.2) is 0 Å². The average Bonchev–Trinajstić information content (AvgIpc) is 3.21. The lowest BCUT2D eigenvalue weighted by molar-refractivity contribution is 0.779. The minimum Gasteiger partial charge on any atom is -0.0991 e. The van der Waals surface area contributed by atoms with Crippen molar-refractivity contribution >= 4 is 23.3 Å². The summed E-state index contributed by atoms with van der Waals surface area (Å²) in [7, 11) is 0. The third kappa shape index (κ3) is 10.3. The maximum Gasteiger partial charge on any atom is -0.0103 e. The second kappa shape index (κ2) is 20.1. The molecule has 60 heavy (non-hydrogen) atoms. The Morgan fingerprint density at radius 1 is 0.567 bits per heavy atom. The number of hydrogen-bond donors (Lipinski definition) is 0. The first-order valence-electron chi connectivity index (χ1n) is 21.2. The van der Waals surface area contributed by atoms with Crippen LogP contribution in [0.4, 0.5) is 0 Å². The van der Waals surface area contributed by atoms with Crippen LogP contribution in [0, 0.1) is 26.7 Å². The van der Waals surface area contributed by atoms with Crippen LogP contribution in [-0.2, 0) is 0 Å². The van der Waals surface area contributed by atoms with Gasteiger partial charge in [0, 0.05) is 0 Å². The van der Waals surface area contributed by atoms with Crippen LogP contribution in [0.1, 0.15) is 94.3 Å². The van der Waals surface area contributed by atoms with Gasteiger partial charge in [-0.3, -0.25) is 0 Å². The predicted octanol–water partition coefficient (Wildman–Crippen LogP) is 17.8. The Balaban J connectivity index is 1.79. The fraction of sp³-hybridized carbons (Fsp3) is 0.200. The van der Waals surface area contributed by atoms with Crippen LogP contribution in [0.3, 0.4) is 0 Å². The van der Waals surface area contributed by atoms with E-state index >= 15 is 0 Å². The van der Waals surface area contributed by atoms with Gasteiger partial charge in [-0.15, -0.1) is 0 Å². The van der Waals surface area contributed by atoms with Crippen LogP contribution in [0.15, 0.2) is 187 Å². The van der Waals surface area contributed by atoms with Gasteiger partial charge < -0.3 is 0 Å². The van der Waals surface area contributed by atoms with Crippen molar-refractivity contribution < 1.29 is 0 Å². The predicted molar refractivity (Wildman–Crippen MR) is 269 cm³/mol. The molecule has 0 unspecified atom stereocenters. The Bertz CT molecular complexity index is 2590. The Kier molecular flexibility index (Phi) is 15.1. The molecular formula is C60H64. The number of allylic oxidation sites excluding steroid dienone is 13. The van der Waals surface area contributed by atoms with E-state index in [1.54, 1.807) is 6.08 Å². The topological polar surface area (TPSA) is 0 Å². The molecule has 0 aliphatic carbocycles. The molecule has 0 saturated heterocycles. The van der Waals surface area contributed by atoms with E-state index < -0.39 is 0 Å². The molecule has 0 heterocycles. The molecule has 0 radical (unpaired) electrons. The molecule has 5 aromatic rings. The van der Waals surface area contributed by atoms with Gasteiger partial charge in [-0.2, -0.15) is 0 Å². The Labute approximate surface area is 362 Å². The van der Waals surface area contributed by atoms with Crippen molar-refractivity contribution in [3.05, 3.63) is 226 Å². The lowest BCUT2D eigenvalue weighted by Gasteiger charge is -2.27. The second-order valence-corrected chi connectivity index (χ2v) is 16.7. The SMILES string of the molecule is C=C/C=C\C=Cc1cc(-c2ccccc2)cc(-c2cc(C)c(C(=C(\C(C)=C/C(=C)C)C(C)C)/C(C)=C(\C)C(=C(C)C)c3ccc(C=C)c(-c4ccccc4C)c3)c(C)c2)c1. The summed E-state index contributed by atoms with van der Waals surface area (Å²) in [4.78, 5) is 0. The van der Waals surface area contributed by atoms with Crippen molar-refractivity contribution in [3.63, 3.8) is 0 Å². The van der Waals surface area contributed by atoms with Crippen molar-refractivity contribution in [3.8, 4) is 33.4 Å². The largest absolute Gasteiger partial charge is 0.0991 e. The van der Waals surface area contributed by atoms with E-state index in [2.05, 4.69) is 217 Å². The van der Waals surface area contributed by atoms with E-state index in [0.29, 0.717) is 0 Å². The van der Waals surface area contributed by atoms with Crippen LogP contribution >= 0.6 is 0 Å². The van der Waals surface area contributed by atoms with Gasteiger partial charge in [0.25, 0.3) is 0 Å². The molecule has 0 spiro atoms. The first-order valence-corrected chi connectivity index (χ1v) is 21.2. The molecule has 5 aromatic carbocycles. The van der Waals surface area contributed by atoms with Gasteiger partial charge in [-0.1, -0.05) is 166 Å². The van der Waals surface area contributed by atoms with Gasteiger partial charge in [0.15, 0.2) is 0 Å². The Morgan fingerprint density at radius 3 is 1.75 bits per heavy atom. The molecule has 0 aliphatic rings. The minimum absolute atomic E-state index is 0.263. The number of rotatable bonds is 14. The van der Waals surface area contributed by atoms with E-state index in [9.17, 15) is 0 Å². The molecule has 0 bridgehead atoms. The maximum atomic E-state index is 4.30. The van der Waals surface area contributed by atoms with Crippen molar-refractivity contribution in [2.75, 3.05) is 0 Å². The zero-order valence-electron chi connectivity index (χ0n) is 38.1. The van der Waals surface area contributed by atoms with Gasteiger partial charge in [-0.05, 0) is 198 Å². The summed E-state index contributed by atoms with van der Waals surface area (Å²) in [5, 5.41) is 0. The van der Waals surface area contributed by atoms with Gasteiger partial charge in [0.05, 0.1) is 0 Å². The van der Waals surface area contributed by atoms with Crippen molar-refractivity contribution in [1.82, 2.24) is 0 Å². The lowest BCUT2D eigenvalue weighted by Crippen LogP contribution is -2.08. The normalized spacial score (nSPS) is 12.8. The molecule has 0 N–H and O–H groups in total. The van der Waals surface area contributed by atoms with E-state index in [1.165, 1.54) is 100 Å². The summed E-state index contributed by atoms with van der Waals surface area (Å²) in [6.07, 6.45) is 14.2. The molecule has 0 aromatic heterocycles. The summed E-state index contributed by atoms with van der Waals surface area (Å²) in [5.74, 6) is 0.263. The third-order valence-electron chi connectivity index (χ3n) is 11.4. The van der Waals surface area contributed by atoms with Crippen molar-refractivity contribution in [2.45, 2.75) is 76.2 Å². The van der Waals surface area contributed by atoms with Crippen molar-refractivity contribution in [1.29, 1.82) is 0 Å². The Morgan fingerprint density at radius 2 is 1.17 bits per heavy atom. The first-order chi connectivity index (χ1) is 28.7. The zero-order chi connectivity index (χ0) is 43.7. The molecule has 0 heteroatoms. The smallest absolute Gasteiger partial charge is 0.0103 e. The molecule has 0 saturated carbocycles. The summed E-state index contributed by atoms with van der Waals surface area (Å²) in [5.41, 5.74) is 25.8. The van der Waals surface area contributed by atoms with Gasteiger partial charge in [0.1, 0.15) is 0 Å². The van der Waals surface area contributed by atoms with E-state index in [0.717, 1.165) is 16.7 Å². The van der Waals surface area contributed by atoms with E-state index in [4.69, 9.17) is 0 Å². The van der Waals surface area contributed by atoms with Crippen LogP contribution in [0.5, 0.6) is 0 Å². The third-order valence-corrected chi connectivity index (χ3v) is 11.4. The standard InChI is InChI=1S/C60H64/c1-15-17-18-20-26-48-35-53(50-27-21-19-22-28-50)37-54(36-48)52-33-44(11)59(45(12)34-52)60(57(40(5)6)43(10)32-39(3)4)47(14)46(13)58(41(7)8)51-31-30-49(16-2)56(38-51)55-29-24-23-25-42(55)9/h15-38,40H,1-3H2,4-14H3/b18-17-,26-20?,43-32-,47-46+,60-57-. The van der Waals surface area contributed by atoms with Crippen LogP contribution in [0.25, 0.3) is 56.7 Å². The molecular weight excluding hydrogens is 721 g/mol. The minimum atomic E-state index is 0.263. The first kappa shape index (κ1) is 44.9.